The molecule has 4 atom stereocenters. The summed E-state index contributed by atoms with van der Waals surface area (Å²) in [5, 5.41) is 11.9. The molecule has 0 amide bonds. The Labute approximate surface area is 130 Å². The minimum Gasteiger partial charge on any atom is -0.411 e. The molecule has 2 aromatic heterocycles. The van der Waals surface area contributed by atoms with Crippen LogP contribution in [0.3, 0.4) is 0 Å². The number of aromatic nitrogens is 4. The van der Waals surface area contributed by atoms with Gasteiger partial charge in [0.05, 0.1) is 12.5 Å². The topological polar surface area (TPSA) is 130 Å². The Balaban J connectivity index is 1.77. The van der Waals surface area contributed by atoms with Crippen molar-refractivity contribution in [3.63, 3.8) is 0 Å². The quantitative estimate of drug-likeness (QED) is 0.458. The Morgan fingerprint density at radius 1 is 1.30 bits per heavy atom. The van der Waals surface area contributed by atoms with Crippen molar-refractivity contribution in [2.24, 2.45) is 5.16 Å². The zero-order valence-corrected chi connectivity index (χ0v) is 12.5. The van der Waals surface area contributed by atoms with Gasteiger partial charge in [0.1, 0.15) is 30.2 Å². The first kappa shape index (κ1) is 14.3. The minimum absolute atomic E-state index is 0.292. The van der Waals surface area contributed by atoms with Crippen molar-refractivity contribution in [3.8, 4) is 0 Å². The predicted molar refractivity (Wildman–Crippen MR) is 77.7 cm³/mol. The summed E-state index contributed by atoms with van der Waals surface area (Å²) >= 11 is 0. The molecule has 0 bridgehead atoms. The first-order chi connectivity index (χ1) is 11.0. The summed E-state index contributed by atoms with van der Waals surface area (Å²) in [5.74, 6) is -0.468. The summed E-state index contributed by atoms with van der Waals surface area (Å²) in [4.78, 5) is 12.4. The Hall–Kier alpha value is -2.30. The SMILES string of the molecule is CC1(C)OC2C(C=NO)OC(n3cnc4c(N)ncnc43)C2O1. The lowest BCUT2D eigenvalue weighted by atomic mass is 10.1. The maximum absolute atomic E-state index is 8.84. The van der Waals surface area contributed by atoms with Crippen LogP contribution in [0.4, 0.5) is 5.82 Å². The van der Waals surface area contributed by atoms with Crippen LogP contribution >= 0.6 is 0 Å². The van der Waals surface area contributed by atoms with Crippen LogP contribution in [0.15, 0.2) is 17.8 Å². The number of hydrogen-bond donors (Lipinski definition) is 2. The summed E-state index contributed by atoms with van der Waals surface area (Å²) < 4.78 is 19.5. The lowest BCUT2D eigenvalue weighted by molar-refractivity contribution is -0.188. The highest BCUT2D eigenvalue weighted by Gasteiger charge is 2.55. The summed E-state index contributed by atoms with van der Waals surface area (Å²) in [5.41, 5.74) is 6.84. The molecule has 0 aromatic carbocycles. The van der Waals surface area contributed by atoms with E-state index in [-0.39, 0.29) is 0 Å². The molecule has 2 aromatic rings. The fraction of sp³-hybridized carbons (Fsp3) is 0.538. The fourth-order valence-corrected chi connectivity index (χ4v) is 3.07. The van der Waals surface area contributed by atoms with Gasteiger partial charge in [-0.3, -0.25) is 4.57 Å². The van der Waals surface area contributed by atoms with Gasteiger partial charge in [0, 0.05) is 0 Å². The number of fused-ring (bicyclic) bond motifs is 2. The number of ether oxygens (including phenoxy) is 3. The van der Waals surface area contributed by atoms with Gasteiger partial charge in [0.2, 0.25) is 0 Å². The second-order valence-corrected chi connectivity index (χ2v) is 5.90. The predicted octanol–water partition coefficient (Wildman–Crippen LogP) is 0.286. The normalized spacial score (nSPS) is 32.8. The van der Waals surface area contributed by atoms with Crippen LogP contribution in [0.5, 0.6) is 0 Å². The van der Waals surface area contributed by atoms with Gasteiger partial charge in [0.25, 0.3) is 0 Å². The van der Waals surface area contributed by atoms with E-state index in [1.54, 1.807) is 10.9 Å². The molecule has 2 aliphatic rings. The van der Waals surface area contributed by atoms with E-state index >= 15 is 0 Å². The van der Waals surface area contributed by atoms with Crippen LogP contribution < -0.4 is 5.73 Å². The van der Waals surface area contributed by atoms with Gasteiger partial charge in [-0.05, 0) is 13.8 Å². The number of nitrogens with zero attached hydrogens (tertiary/aromatic N) is 5. The zero-order valence-electron chi connectivity index (χ0n) is 12.5. The average molecular weight is 320 g/mol. The maximum atomic E-state index is 8.84. The summed E-state index contributed by atoms with van der Waals surface area (Å²) in [6.45, 7) is 3.64. The Bertz CT molecular complexity index is 775. The van der Waals surface area contributed by atoms with Crippen molar-refractivity contribution in [1.29, 1.82) is 0 Å². The van der Waals surface area contributed by atoms with Crippen molar-refractivity contribution < 1.29 is 19.4 Å². The van der Waals surface area contributed by atoms with Gasteiger partial charge in [-0.15, -0.1) is 0 Å². The van der Waals surface area contributed by atoms with Gasteiger partial charge in [-0.25, -0.2) is 15.0 Å². The maximum Gasteiger partial charge on any atom is 0.167 e. The van der Waals surface area contributed by atoms with E-state index in [1.165, 1.54) is 12.5 Å². The van der Waals surface area contributed by atoms with Crippen LogP contribution in [0, 0.1) is 0 Å². The molecule has 122 valence electrons. The van der Waals surface area contributed by atoms with Gasteiger partial charge in [-0.2, -0.15) is 0 Å². The van der Waals surface area contributed by atoms with Gasteiger partial charge in [0.15, 0.2) is 23.5 Å². The van der Waals surface area contributed by atoms with E-state index in [4.69, 9.17) is 25.2 Å². The molecule has 10 heteroatoms. The summed E-state index contributed by atoms with van der Waals surface area (Å²) in [6.07, 6.45) is 2.34. The number of anilines is 1. The molecule has 2 fully saturated rings. The number of nitrogen functional groups attached to an aromatic ring is 1. The number of hydrogen-bond acceptors (Lipinski definition) is 9. The zero-order chi connectivity index (χ0) is 16.2. The molecule has 0 aliphatic carbocycles. The molecule has 2 aliphatic heterocycles. The third-order valence-electron chi connectivity index (χ3n) is 3.94. The smallest absolute Gasteiger partial charge is 0.167 e. The van der Waals surface area contributed by atoms with Crippen molar-refractivity contribution >= 4 is 23.2 Å². The molecule has 3 N–H and O–H groups in total. The van der Waals surface area contributed by atoms with Crippen molar-refractivity contribution in [3.05, 3.63) is 12.7 Å². The third-order valence-corrected chi connectivity index (χ3v) is 3.94. The lowest BCUT2D eigenvalue weighted by Crippen LogP contribution is -2.30. The molecule has 4 unspecified atom stereocenters. The van der Waals surface area contributed by atoms with Gasteiger partial charge < -0.3 is 25.2 Å². The van der Waals surface area contributed by atoms with E-state index in [9.17, 15) is 0 Å². The molecular weight excluding hydrogens is 304 g/mol. The fourth-order valence-electron chi connectivity index (χ4n) is 3.07. The minimum atomic E-state index is -0.761. The Morgan fingerprint density at radius 3 is 2.87 bits per heavy atom. The number of imidazole rings is 1. The second kappa shape index (κ2) is 4.85. The van der Waals surface area contributed by atoms with E-state index in [0.29, 0.717) is 17.0 Å². The van der Waals surface area contributed by atoms with Crippen LogP contribution in [0.2, 0.25) is 0 Å². The molecule has 0 spiro atoms. The molecule has 4 rings (SSSR count). The van der Waals surface area contributed by atoms with Crippen LogP contribution in [0.25, 0.3) is 11.2 Å². The van der Waals surface area contributed by atoms with Gasteiger partial charge in [-0.1, -0.05) is 5.16 Å². The highest BCUT2D eigenvalue weighted by Crippen LogP contribution is 2.43. The summed E-state index contributed by atoms with van der Waals surface area (Å²) in [7, 11) is 0. The largest absolute Gasteiger partial charge is 0.411 e. The third kappa shape index (κ3) is 2.14. The van der Waals surface area contributed by atoms with Gasteiger partial charge >= 0.3 is 0 Å². The van der Waals surface area contributed by atoms with E-state index in [0.717, 1.165) is 0 Å². The van der Waals surface area contributed by atoms with Crippen LogP contribution in [0.1, 0.15) is 20.1 Å². The monoisotopic (exact) mass is 320 g/mol. The lowest BCUT2D eigenvalue weighted by Gasteiger charge is -2.23. The molecule has 0 radical (unpaired) electrons. The van der Waals surface area contributed by atoms with E-state index < -0.39 is 30.3 Å². The second-order valence-electron chi connectivity index (χ2n) is 5.90. The molecule has 10 nitrogen and oxygen atoms in total. The number of oxime groups is 1. The van der Waals surface area contributed by atoms with E-state index in [2.05, 4.69) is 20.1 Å². The molecule has 0 saturated carbocycles. The number of rotatable bonds is 2. The first-order valence-electron chi connectivity index (χ1n) is 7.12. The average Bonchev–Trinajstić information content (AvgIpc) is 3.13. The van der Waals surface area contributed by atoms with E-state index in [1.807, 2.05) is 13.8 Å². The molecular formula is C13H16N6O4. The Kier molecular flexibility index (Phi) is 3.01. The molecule has 23 heavy (non-hydrogen) atoms. The first-order valence-corrected chi connectivity index (χ1v) is 7.12. The highest BCUT2D eigenvalue weighted by atomic mass is 16.8. The van der Waals surface area contributed by atoms with Crippen molar-refractivity contribution in [2.75, 3.05) is 5.73 Å². The highest BCUT2D eigenvalue weighted by molar-refractivity contribution is 5.81. The number of nitrogens with two attached hydrogens (primary N) is 1. The molecule has 2 saturated heterocycles. The summed E-state index contributed by atoms with van der Waals surface area (Å²) in [6, 6.07) is 0. The van der Waals surface area contributed by atoms with Crippen LogP contribution in [-0.2, 0) is 14.2 Å². The Morgan fingerprint density at radius 2 is 2.09 bits per heavy atom. The van der Waals surface area contributed by atoms with Crippen molar-refractivity contribution in [2.45, 2.75) is 44.2 Å². The van der Waals surface area contributed by atoms with Crippen molar-refractivity contribution in [1.82, 2.24) is 19.5 Å². The van der Waals surface area contributed by atoms with Crippen LogP contribution in [-0.4, -0.2) is 55.0 Å². The standard InChI is InChI=1S/C13H16N6O4/c1-13(2)22-8-6(3-18-20)21-12(9(8)23-13)19-5-17-7-10(14)15-4-16-11(7)19/h3-6,8-9,12,20H,1-2H3,(H2,14,15,16). The molecule has 4 heterocycles.